The van der Waals surface area contributed by atoms with Crippen molar-refractivity contribution in [3.63, 3.8) is 0 Å². The zero-order valence-electron chi connectivity index (χ0n) is 16.6. The second-order valence-electron chi connectivity index (χ2n) is 8.37. The monoisotopic (exact) mass is 389 g/mol. The van der Waals surface area contributed by atoms with Crippen molar-refractivity contribution in [3.8, 4) is 0 Å². The minimum atomic E-state index is -0.832. The van der Waals surface area contributed by atoms with E-state index in [4.69, 9.17) is 0 Å². The largest absolute Gasteiger partial charge is 0.481 e. The summed E-state index contributed by atoms with van der Waals surface area (Å²) in [6, 6.07) is 5.85. The molecule has 3 atom stereocenters. The Bertz CT molecular complexity index is 893. The molecule has 0 bridgehead atoms. The highest BCUT2D eigenvalue weighted by atomic mass is 19.1. The van der Waals surface area contributed by atoms with E-state index in [0.29, 0.717) is 13.0 Å². The summed E-state index contributed by atoms with van der Waals surface area (Å²) in [6.45, 7) is 3.28. The number of carboxylic acids is 1. The number of halogens is 2. The van der Waals surface area contributed by atoms with Gasteiger partial charge in [0.2, 0.25) is 6.80 Å². The van der Waals surface area contributed by atoms with Crippen LogP contribution in [0.4, 0.5) is 14.5 Å². The van der Waals surface area contributed by atoms with Crippen LogP contribution in [0.3, 0.4) is 0 Å². The maximum Gasteiger partial charge on any atom is 0.311 e. The van der Waals surface area contributed by atoms with Crippen molar-refractivity contribution in [2.24, 2.45) is 5.92 Å². The third-order valence-electron chi connectivity index (χ3n) is 6.79. The van der Waals surface area contributed by atoms with Crippen LogP contribution in [0.25, 0.3) is 11.1 Å². The predicted molar refractivity (Wildman–Crippen MR) is 107 cm³/mol. The fourth-order valence-corrected chi connectivity index (χ4v) is 5.42. The number of carboxylic acid groups (broad SMARTS) is 1. The summed E-state index contributed by atoms with van der Waals surface area (Å²) in [6.07, 6.45) is 2.76. The van der Waals surface area contributed by atoms with Gasteiger partial charge in [0.05, 0.1) is 30.6 Å². The highest BCUT2D eigenvalue weighted by Crippen LogP contribution is 2.56. The molecule has 2 aliphatic heterocycles. The number of carbonyl (C=O) groups is 1. The van der Waals surface area contributed by atoms with Crippen molar-refractivity contribution in [1.82, 2.24) is 9.38 Å². The molecule has 150 valence electrons. The van der Waals surface area contributed by atoms with Crippen molar-refractivity contribution in [2.75, 3.05) is 27.1 Å². The summed E-state index contributed by atoms with van der Waals surface area (Å²) < 4.78 is 28.2. The van der Waals surface area contributed by atoms with E-state index in [1.54, 1.807) is 0 Å². The van der Waals surface area contributed by atoms with Gasteiger partial charge in [-0.3, -0.25) is 14.1 Å². The first kappa shape index (κ1) is 19.3. The standard InChI is InChI=1S/C22H26F2N2O2/c1-13(2)26(12-24)19(7-8-23)17-10-18-16(9-14(22(27)28)11-25(18)3)15-5-4-6-20(26)21(15)17/h4-6,9,13-14,18H,7-8,10-12H2,1-3H3/p+1/t14-,18-,26?/m1/s1. The fourth-order valence-electron chi connectivity index (χ4n) is 5.42. The van der Waals surface area contributed by atoms with Crippen LogP contribution in [0.1, 0.15) is 37.8 Å². The zero-order chi connectivity index (χ0) is 20.2. The number of likely N-dealkylation sites (N-methyl/N-ethyl adjacent to an activating group) is 1. The lowest BCUT2D eigenvalue weighted by molar-refractivity contribution is -0.140. The minimum Gasteiger partial charge on any atom is -0.481 e. The highest BCUT2D eigenvalue weighted by molar-refractivity contribution is 5.98. The molecular weight excluding hydrogens is 362 g/mol. The van der Waals surface area contributed by atoms with Crippen molar-refractivity contribution >= 4 is 22.8 Å². The minimum absolute atomic E-state index is 0.0368. The average molecular weight is 389 g/mol. The quantitative estimate of drug-likeness (QED) is 0.606. The van der Waals surface area contributed by atoms with E-state index in [2.05, 4.69) is 4.90 Å². The Morgan fingerprint density at radius 1 is 1.36 bits per heavy atom. The van der Waals surface area contributed by atoms with Crippen LogP contribution in [0.15, 0.2) is 30.0 Å². The van der Waals surface area contributed by atoms with E-state index in [0.717, 1.165) is 33.7 Å². The lowest BCUT2D eigenvalue weighted by atomic mass is 9.76. The van der Waals surface area contributed by atoms with Gasteiger partial charge in [-0.05, 0) is 38.5 Å². The highest BCUT2D eigenvalue weighted by Gasteiger charge is 2.52. The number of benzene rings is 1. The van der Waals surface area contributed by atoms with Crippen LogP contribution >= 0.6 is 0 Å². The summed E-state index contributed by atoms with van der Waals surface area (Å²) in [7, 11) is 1.94. The van der Waals surface area contributed by atoms with Gasteiger partial charge < -0.3 is 5.11 Å². The van der Waals surface area contributed by atoms with Gasteiger partial charge in [0.25, 0.3) is 0 Å². The number of aliphatic carboxylic acids is 1. The molecule has 0 saturated carbocycles. The van der Waals surface area contributed by atoms with Crippen LogP contribution in [0.2, 0.25) is 0 Å². The number of hydrogen-bond acceptors (Lipinski definition) is 2. The van der Waals surface area contributed by atoms with Crippen LogP contribution in [0.5, 0.6) is 0 Å². The summed E-state index contributed by atoms with van der Waals surface area (Å²) in [5.41, 5.74) is 5.76. The molecule has 0 spiro atoms. The normalized spacial score (nSPS) is 29.0. The van der Waals surface area contributed by atoms with Crippen LogP contribution in [0, 0.1) is 5.92 Å². The Labute approximate surface area is 164 Å². The summed E-state index contributed by atoms with van der Waals surface area (Å²) in [5, 5.41) is 9.54. The molecule has 4 nitrogen and oxygen atoms in total. The first-order valence-corrected chi connectivity index (χ1v) is 9.88. The molecule has 0 amide bonds. The topological polar surface area (TPSA) is 40.5 Å². The first-order valence-electron chi connectivity index (χ1n) is 9.88. The Morgan fingerprint density at radius 3 is 2.71 bits per heavy atom. The van der Waals surface area contributed by atoms with Crippen LogP contribution in [-0.4, -0.2) is 55.1 Å². The number of quaternary nitrogens is 1. The fraction of sp³-hybridized carbons (Fsp3) is 0.500. The van der Waals surface area contributed by atoms with Gasteiger partial charge >= 0.3 is 5.97 Å². The van der Waals surface area contributed by atoms with Crippen molar-refractivity contribution < 1.29 is 18.7 Å². The van der Waals surface area contributed by atoms with Gasteiger partial charge in [0.1, 0.15) is 11.4 Å². The number of rotatable bonds is 5. The van der Waals surface area contributed by atoms with Gasteiger partial charge in [0.15, 0.2) is 0 Å². The molecule has 4 rings (SSSR count). The SMILES string of the molecule is CC(C)[N+]1(CF)C(CCF)=C2C[C@@H]3C(=C[C@@H](C(=O)O)CN3C)c3cccc1c32. The van der Waals surface area contributed by atoms with Crippen molar-refractivity contribution in [3.05, 3.63) is 41.1 Å². The summed E-state index contributed by atoms with van der Waals surface area (Å²) in [4.78, 5) is 13.7. The lowest BCUT2D eigenvalue weighted by Gasteiger charge is -2.39. The number of alkyl halides is 2. The number of hydrogen-bond donors (Lipinski definition) is 1. The van der Waals surface area contributed by atoms with Crippen LogP contribution < -0.4 is 4.48 Å². The molecule has 28 heavy (non-hydrogen) atoms. The van der Waals surface area contributed by atoms with Gasteiger partial charge in [-0.15, -0.1) is 0 Å². The smallest absolute Gasteiger partial charge is 0.311 e. The van der Waals surface area contributed by atoms with E-state index in [9.17, 15) is 18.7 Å². The van der Waals surface area contributed by atoms with E-state index in [1.165, 1.54) is 0 Å². The number of fused-ring (bicyclic) bond motifs is 2. The molecule has 2 heterocycles. The molecular formula is C22H27F2N2O2+. The zero-order valence-corrected chi connectivity index (χ0v) is 16.6. The predicted octanol–water partition coefficient (Wildman–Crippen LogP) is 4.22. The van der Waals surface area contributed by atoms with Gasteiger partial charge in [0, 0.05) is 24.2 Å². The van der Waals surface area contributed by atoms with E-state index >= 15 is 0 Å². The van der Waals surface area contributed by atoms with Crippen molar-refractivity contribution in [1.29, 1.82) is 0 Å². The Kier molecular flexibility index (Phi) is 4.67. The molecule has 1 aliphatic carbocycles. The van der Waals surface area contributed by atoms with Gasteiger partial charge in [-0.25, -0.2) is 4.48 Å². The second kappa shape index (κ2) is 6.78. The second-order valence-corrected chi connectivity index (χ2v) is 8.37. The summed E-state index contributed by atoms with van der Waals surface area (Å²) >= 11 is 0. The molecule has 0 saturated heterocycles. The third-order valence-corrected chi connectivity index (χ3v) is 6.79. The van der Waals surface area contributed by atoms with Crippen molar-refractivity contribution in [2.45, 2.75) is 38.8 Å². The van der Waals surface area contributed by atoms with Gasteiger partial charge in [-0.2, -0.15) is 4.39 Å². The maximum atomic E-state index is 14.6. The van der Waals surface area contributed by atoms with E-state index in [1.807, 2.05) is 45.2 Å². The molecule has 1 aromatic rings. The molecule has 0 fully saturated rings. The molecule has 6 heteroatoms. The van der Waals surface area contributed by atoms with E-state index in [-0.39, 0.29) is 23.0 Å². The molecule has 1 unspecified atom stereocenters. The Balaban J connectivity index is 2.00. The molecule has 0 aromatic heterocycles. The molecule has 1 aromatic carbocycles. The molecule has 3 aliphatic rings. The average Bonchev–Trinajstić information content (AvgIpc) is 2.94. The molecule has 0 radical (unpaired) electrons. The Morgan fingerprint density at radius 2 is 2.11 bits per heavy atom. The Hall–Kier alpha value is -2.05. The lowest BCUT2D eigenvalue weighted by Crippen LogP contribution is -2.51. The molecule has 1 N–H and O–H groups in total. The summed E-state index contributed by atoms with van der Waals surface area (Å²) in [5.74, 6) is -1.39. The number of nitrogens with zero attached hydrogens (tertiary/aromatic N) is 2. The van der Waals surface area contributed by atoms with Crippen LogP contribution in [-0.2, 0) is 4.79 Å². The van der Waals surface area contributed by atoms with Gasteiger partial charge in [-0.1, -0.05) is 18.2 Å². The first-order chi connectivity index (χ1) is 13.4. The maximum absolute atomic E-state index is 14.6. The van der Waals surface area contributed by atoms with E-state index < -0.39 is 25.4 Å². The third kappa shape index (κ3) is 2.44. The number of allylic oxidation sites excluding steroid dienone is 1.